The number of allylic oxidation sites excluding steroid dienone is 2. The van der Waals surface area contributed by atoms with E-state index in [0.29, 0.717) is 34.3 Å². The number of aliphatic hydroxyl groups is 1. The number of para-hydroxylation sites is 1. The molecule has 1 saturated carbocycles. The number of aromatic nitrogens is 2. The fourth-order valence-electron chi connectivity index (χ4n) is 8.96. The Labute approximate surface area is 291 Å². The first-order valence-corrected chi connectivity index (χ1v) is 17.6. The summed E-state index contributed by atoms with van der Waals surface area (Å²) >= 11 is 7.87. The van der Waals surface area contributed by atoms with E-state index in [0.717, 1.165) is 26.1 Å². The first kappa shape index (κ1) is 31.9. The second-order valence-corrected chi connectivity index (χ2v) is 15.2. The number of nitrogens with zero attached hydrogens (tertiary/aromatic N) is 4. The second kappa shape index (κ2) is 11.4. The Morgan fingerprint density at radius 2 is 1.82 bits per heavy atom. The van der Waals surface area contributed by atoms with Gasteiger partial charge in [-0.1, -0.05) is 41.4 Å². The average molecular weight is 699 g/mol. The standard InChI is InChI=1S/C37H35ClN4O6S/c1-18-23-15-19(38)9-12-28(23)49-32(18)26-17-29(41(4)39-26)42-34(45)25-16-24-20(10-11-22-30(24)35(46)40(3)33(22)44)31(37(25,2)36(42)47)21-7-5-6-8-27(21)48-14-13-43/h5-10,12,15,17,22,24-25,30-31,43H,11,13-14,16H2,1-4H3/t22-,24+,25-,30-,31+,37+/m0/s1. The van der Waals surface area contributed by atoms with Gasteiger partial charge in [-0.05, 0) is 67.8 Å². The zero-order chi connectivity index (χ0) is 34.5. The van der Waals surface area contributed by atoms with Crippen LogP contribution in [0, 0.1) is 36.0 Å². The molecule has 8 rings (SSSR count). The SMILES string of the molecule is Cc1c(-c2cc(N3C(=O)[C@@H]4C[C@@H]5C(=CC[C@@H]6C(=O)N(C)C(=O)[C@@H]65)[C@H](c5ccccc5OCCO)[C@]4(C)C3=O)n(C)n2)sc2ccc(Cl)cc12. The Hall–Kier alpha value is -4.32. The highest BCUT2D eigenvalue weighted by molar-refractivity contribution is 7.22. The van der Waals surface area contributed by atoms with Crippen LogP contribution in [0.15, 0.2) is 60.2 Å². The number of benzene rings is 2. The third-order valence-electron chi connectivity index (χ3n) is 11.3. The molecule has 3 fully saturated rings. The molecule has 4 aliphatic rings. The number of likely N-dealkylation sites (tertiary alicyclic amines) is 1. The van der Waals surface area contributed by atoms with Crippen molar-refractivity contribution in [2.45, 2.75) is 32.6 Å². The van der Waals surface area contributed by atoms with Gasteiger partial charge in [0.05, 0.1) is 34.7 Å². The predicted octanol–water partition coefficient (Wildman–Crippen LogP) is 5.50. The molecule has 4 heterocycles. The van der Waals surface area contributed by atoms with Gasteiger partial charge < -0.3 is 9.84 Å². The normalized spacial score (nSPS) is 27.9. The van der Waals surface area contributed by atoms with Gasteiger partial charge in [0.1, 0.15) is 23.9 Å². The van der Waals surface area contributed by atoms with Crippen molar-refractivity contribution < 1.29 is 29.0 Å². The van der Waals surface area contributed by atoms with Gasteiger partial charge in [0.15, 0.2) is 0 Å². The molecule has 2 aliphatic heterocycles. The number of ether oxygens (including phenoxy) is 1. The highest BCUT2D eigenvalue weighted by Gasteiger charge is 2.68. The molecule has 2 saturated heterocycles. The summed E-state index contributed by atoms with van der Waals surface area (Å²) in [6.45, 7) is 3.71. The lowest BCUT2D eigenvalue weighted by atomic mass is 9.51. The van der Waals surface area contributed by atoms with Crippen LogP contribution in [0.25, 0.3) is 20.7 Å². The fraction of sp³-hybridized carbons (Fsp3) is 0.378. The number of hydrogen-bond donors (Lipinski definition) is 1. The van der Waals surface area contributed by atoms with Gasteiger partial charge in [0.2, 0.25) is 23.6 Å². The van der Waals surface area contributed by atoms with Gasteiger partial charge in [-0.15, -0.1) is 11.3 Å². The quantitative estimate of drug-likeness (QED) is 0.209. The maximum atomic E-state index is 15.0. The molecular weight excluding hydrogens is 664 g/mol. The zero-order valence-corrected chi connectivity index (χ0v) is 29.0. The highest BCUT2D eigenvalue weighted by Crippen LogP contribution is 2.64. The van der Waals surface area contributed by atoms with Crippen LogP contribution in [0.5, 0.6) is 5.75 Å². The predicted molar refractivity (Wildman–Crippen MR) is 185 cm³/mol. The van der Waals surface area contributed by atoms with Crippen LogP contribution in [-0.2, 0) is 26.2 Å². The number of aliphatic hydroxyl groups excluding tert-OH is 1. The number of amides is 4. The minimum atomic E-state index is -1.24. The lowest BCUT2D eigenvalue weighted by Crippen LogP contribution is -2.49. The number of halogens is 1. The molecular formula is C37H35ClN4O6S. The molecule has 6 atom stereocenters. The van der Waals surface area contributed by atoms with Gasteiger partial charge in [-0.3, -0.25) is 28.8 Å². The lowest BCUT2D eigenvalue weighted by Gasteiger charge is -2.49. The van der Waals surface area contributed by atoms with Crippen molar-refractivity contribution in [3.05, 3.63) is 76.3 Å². The molecule has 2 aromatic heterocycles. The number of hydrogen-bond acceptors (Lipinski definition) is 8. The molecule has 2 aromatic carbocycles. The Bertz CT molecular complexity index is 2140. The van der Waals surface area contributed by atoms with Crippen molar-refractivity contribution in [3.63, 3.8) is 0 Å². The molecule has 0 bridgehead atoms. The van der Waals surface area contributed by atoms with Crippen molar-refractivity contribution in [2.24, 2.45) is 36.1 Å². The van der Waals surface area contributed by atoms with Crippen LogP contribution in [0.1, 0.15) is 36.8 Å². The summed E-state index contributed by atoms with van der Waals surface area (Å²) in [6, 6.07) is 14.9. The van der Waals surface area contributed by atoms with Crippen molar-refractivity contribution in [1.82, 2.24) is 14.7 Å². The van der Waals surface area contributed by atoms with Crippen molar-refractivity contribution >= 4 is 62.5 Å². The summed E-state index contributed by atoms with van der Waals surface area (Å²) in [6.07, 6.45) is 2.65. The van der Waals surface area contributed by atoms with Crippen LogP contribution in [-0.4, -0.2) is 63.7 Å². The number of anilines is 1. The smallest absolute Gasteiger partial charge is 0.242 e. The van der Waals surface area contributed by atoms with Gasteiger partial charge in [0, 0.05) is 41.4 Å². The van der Waals surface area contributed by atoms with Crippen molar-refractivity contribution in [3.8, 4) is 16.3 Å². The van der Waals surface area contributed by atoms with Gasteiger partial charge in [0.25, 0.3) is 0 Å². The number of aryl methyl sites for hydroxylation is 2. The number of thiophene rings is 1. The molecule has 252 valence electrons. The van der Waals surface area contributed by atoms with E-state index in [1.54, 1.807) is 35.2 Å². The van der Waals surface area contributed by atoms with E-state index in [9.17, 15) is 19.5 Å². The van der Waals surface area contributed by atoms with E-state index in [2.05, 4.69) is 0 Å². The molecule has 0 unspecified atom stereocenters. The van der Waals surface area contributed by atoms with Crippen LogP contribution in [0.2, 0.25) is 5.02 Å². The third-order valence-corrected chi connectivity index (χ3v) is 12.8. The number of carbonyl (C=O) groups excluding carboxylic acids is 4. The van der Waals surface area contributed by atoms with E-state index in [1.165, 1.54) is 16.8 Å². The van der Waals surface area contributed by atoms with Crippen molar-refractivity contribution in [1.29, 1.82) is 0 Å². The van der Waals surface area contributed by atoms with E-state index < -0.39 is 35.0 Å². The minimum Gasteiger partial charge on any atom is -0.491 e. The van der Waals surface area contributed by atoms with Crippen LogP contribution in [0.4, 0.5) is 5.82 Å². The summed E-state index contributed by atoms with van der Waals surface area (Å²) in [5, 5.41) is 16.0. The van der Waals surface area contributed by atoms with Crippen LogP contribution in [0.3, 0.4) is 0 Å². The topological polar surface area (TPSA) is 122 Å². The molecule has 1 N–H and O–H groups in total. The zero-order valence-electron chi connectivity index (χ0n) is 27.5. The highest BCUT2D eigenvalue weighted by atomic mass is 35.5. The second-order valence-electron chi connectivity index (χ2n) is 13.7. The van der Waals surface area contributed by atoms with E-state index in [1.807, 2.05) is 56.3 Å². The van der Waals surface area contributed by atoms with Crippen LogP contribution >= 0.6 is 22.9 Å². The summed E-state index contributed by atoms with van der Waals surface area (Å²) in [7, 11) is 3.24. The van der Waals surface area contributed by atoms with Gasteiger partial charge >= 0.3 is 0 Å². The lowest BCUT2D eigenvalue weighted by molar-refractivity contribution is -0.138. The largest absolute Gasteiger partial charge is 0.491 e. The Morgan fingerprint density at radius 3 is 2.59 bits per heavy atom. The fourth-order valence-corrected chi connectivity index (χ4v) is 10.3. The van der Waals surface area contributed by atoms with E-state index >= 15 is 4.79 Å². The number of fused-ring (bicyclic) bond motifs is 5. The summed E-state index contributed by atoms with van der Waals surface area (Å²) in [5.74, 6) is -3.24. The Balaban J connectivity index is 1.26. The van der Waals surface area contributed by atoms with Gasteiger partial charge in [-0.25, -0.2) is 4.90 Å². The van der Waals surface area contributed by atoms with E-state index in [-0.39, 0.29) is 43.3 Å². The maximum absolute atomic E-state index is 15.0. The first-order valence-electron chi connectivity index (χ1n) is 16.4. The Morgan fingerprint density at radius 1 is 1.04 bits per heavy atom. The molecule has 4 amide bonds. The van der Waals surface area contributed by atoms with Crippen LogP contribution < -0.4 is 9.64 Å². The molecule has 4 aromatic rings. The number of imide groups is 2. The monoisotopic (exact) mass is 698 g/mol. The molecule has 0 radical (unpaired) electrons. The molecule has 0 spiro atoms. The number of carbonyl (C=O) groups is 4. The molecule has 12 heteroatoms. The molecule has 49 heavy (non-hydrogen) atoms. The summed E-state index contributed by atoms with van der Waals surface area (Å²) < 4.78 is 8.64. The average Bonchev–Trinajstić information content (AvgIpc) is 3.75. The van der Waals surface area contributed by atoms with E-state index in [4.69, 9.17) is 21.4 Å². The number of rotatable bonds is 6. The maximum Gasteiger partial charge on any atom is 0.242 e. The third kappa shape index (κ3) is 4.44. The minimum absolute atomic E-state index is 0.0506. The summed E-state index contributed by atoms with van der Waals surface area (Å²) in [5.41, 5.74) is 2.00. The first-order chi connectivity index (χ1) is 23.5. The molecule has 10 nitrogen and oxygen atoms in total. The van der Waals surface area contributed by atoms with Gasteiger partial charge in [-0.2, -0.15) is 5.10 Å². The summed E-state index contributed by atoms with van der Waals surface area (Å²) in [4.78, 5) is 59.9. The molecule has 2 aliphatic carbocycles. The Kier molecular flexibility index (Phi) is 7.40. The van der Waals surface area contributed by atoms with Crippen molar-refractivity contribution in [2.75, 3.05) is 25.2 Å².